The molecule has 0 aliphatic carbocycles. The second kappa shape index (κ2) is 15.2. The lowest BCUT2D eigenvalue weighted by atomic mass is 9.97. The van der Waals surface area contributed by atoms with Crippen LogP contribution in [0.1, 0.15) is 57.2 Å². The van der Waals surface area contributed by atoms with Crippen LogP contribution in [0.15, 0.2) is 78.9 Å². The van der Waals surface area contributed by atoms with Crippen LogP contribution in [0.25, 0.3) is 20.2 Å². The van der Waals surface area contributed by atoms with Crippen molar-refractivity contribution in [3.63, 3.8) is 0 Å². The largest absolute Gasteiger partial charge is 0.493 e. The lowest BCUT2D eigenvalue weighted by Gasteiger charge is -2.19. The van der Waals surface area contributed by atoms with E-state index in [1.165, 1.54) is 22.7 Å². The van der Waals surface area contributed by atoms with Gasteiger partial charge in [-0.2, -0.15) is 0 Å². The summed E-state index contributed by atoms with van der Waals surface area (Å²) in [7, 11) is 1.60. The van der Waals surface area contributed by atoms with Crippen LogP contribution < -0.4 is 20.7 Å². The third-order valence-corrected chi connectivity index (χ3v) is 10.0. The van der Waals surface area contributed by atoms with Gasteiger partial charge >= 0.3 is 0 Å². The minimum atomic E-state index is -0.379. The summed E-state index contributed by atoms with van der Waals surface area (Å²) in [4.78, 5) is 39.8. The molecular weight excluding hydrogens is 603 g/mol. The Balaban J connectivity index is 1.20. The van der Waals surface area contributed by atoms with Crippen molar-refractivity contribution in [3.8, 4) is 5.75 Å². The van der Waals surface area contributed by atoms with Gasteiger partial charge in [-0.3, -0.25) is 14.4 Å². The minimum Gasteiger partial charge on any atom is -0.493 e. The molecule has 2 heterocycles. The van der Waals surface area contributed by atoms with E-state index in [2.05, 4.69) is 48.0 Å². The molecule has 2 aromatic heterocycles. The molecule has 5 rings (SSSR count). The van der Waals surface area contributed by atoms with E-state index in [1.54, 1.807) is 7.05 Å². The number of amides is 3. The first-order chi connectivity index (χ1) is 21.8. The Bertz CT molecular complexity index is 1750. The van der Waals surface area contributed by atoms with Crippen molar-refractivity contribution in [1.82, 2.24) is 16.0 Å². The maximum absolute atomic E-state index is 13.4. The summed E-state index contributed by atoms with van der Waals surface area (Å²) < 4.78 is 6.89. The fourth-order valence-corrected chi connectivity index (χ4v) is 7.47. The average Bonchev–Trinajstić information content (AvgIpc) is 3.62. The molecule has 9 heteroatoms. The summed E-state index contributed by atoms with van der Waals surface area (Å²) in [5.41, 5.74) is 2.15. The number of para-hydroxylation sites is 1. The van der Waals surface area contributed by atoms with E-state index in [0.29, 0.717) is 41.7 Å². The monoisotopic (exact) mass is 641 g/mol. The number of hydrogen-bond acceptors (Lipinski definition) is 6. The lowest BCUT2D eigenvalue weighted by Crippen LogP contribution is -2.39. The molecule has 5 aromatic rings. The van der Waals surface area contributed by atoms with Gasteiger partial charge in [0.15, 0.2) is 0 Å². The van der Waals surface area contributed by atoms with Crippen molar-refractivity contribution in [1.29, 1.82) is 0 Å². The first kappa shape index (κ1) is 32.2. The third kappa shape index (κ3) is 8.49. The number of fused-ring (bicyclic) bond motifs is 2. The molecule has 0 fully saturated rings. The Morgan fingerprint density at radius 2 is 1.51 bits per heavy atom. The van der Waals surface area contributed by atoms with Crippen LogP contribution in [0, 0.1) is 5.92 Å². The van der Waals surface area contributed by atoms with E-state index in [0.717, 1.165) is 43.5 Å². The maximum Gasteiger partial charge on any atom is 0.261 e. The number of carbonyl (C=O) groups is 3. The van der Waals surface area contributed by atoms with Gasteiger partial charge in [0.05, 0.1) is 20.4 Å². The Labute approximate surface area is 272 Å². The van der Waals surface area contributed by atoms with E-state index < -0.39 is 0 Å². The first-order valence-corrected chi connectivity index (χ1v) is 16.9. The summed E-state index contributed by atoms with van der Waals surface area (Å²) >= 11 is 2.74. The molecule has 0 aliphatic rings. The summed E-state index contributed by atoms with van der Waals surface area (Å²) in [6, 6.07) is 25.4. The number of ether oxygens (including phenoxy) is 1. The standard InChI is InChI=1S/C36H39N3O4S2/c1-23(2)16-18-43-30-14-7-5-10-25(30)15-17-38-34(41)31-20-27-21-32(45-36(27)44-31)35(42)39-28(22-33(40)37-3)19-26-12-8-11-24-9-4-6-13-29(24)26/h4-14,20-21,23,28H,15-19,22H2,1-3H3,(H,37,40)(H,38,41)(H,39,42)/t28-/m1/s1. The summed E-state index contributed by atoms with van der Waals surface area (Å²) in [6.07, 6.45) is 2.36. The predicted octanol–water partition coefficient (Wildman–Crippen LogP) is 6.99. The highest BCUT2D eigenvalue weighted by Gasteiger charge is 2.21. The Kier molecular flexibility index (Phi) is 10.9. The number of nitrogens with one attached hydrogen (secondary N) is 3. The van der Waals surface area contributed by atoms with Crippen LogP contribution in [0.4, 0.5) is 0 Å². The van der Waals surface area contributed by atoms with Crippen molar-refractivity contribution in [3.05, 3.63) is 99.7 Å². The molecule has 0 saturated heterocycles. The molecule has 0 bridgehead atoms. The summed E-state index contributed by atoms with van der Waals surface area (Å²) in [5.74, 6) is 0.954. The maximum atomic E-state index is 13.4. The van der Waals surface area contributed by atoms with Crippen molar-refractivity contribution in [2.24, 2.45) is 5.92 Å². The second-order valence-electron chi connectivity index (χ2n) is 11.5. The molecule has 234 valence electrons. The van der Waals surface area contributed by atoms with Crippen LogP contribution >= 0.6 is 22.7 Å². The van der Waals surface area contributed by atoms with Gasteiger partial charge < -0.3 is 20.7 Å². The van der Waals surface area contributed by atoms with Crippen LogP contribution in [0.3, 0.4) is 0 Å². The Morgan fingerprint density at radius 1 is 0.822 bits per heavy atom. The molecule has 45 heavy (non-hydrogen) atoms. The zero-order valence-electron chi connectivity index (χ0n) is 25.9. The quantitative estimate of drug-likeness (QED) is 0.122. The molecule has 3 amide bonds. The number of rotatable bonds is 14. The molecule has 0 spiro atoms. The van der Waals surface area contributed by atoms with Crippen molar-refractivity contribution >= 4 is 60.6 Å². The molecular formula is C36H39N3O4S2. The predicted molar refractivity (Wildman–Crippen MR) is 185 cm³/mol. The Morgan fingerprint density at radius 3 is 2.27 bits per heavy atom. The van der Waals surface area contributed by atoms with Crippen molar-refractivity contribution < 1.29 is 19.1 Å². The van der Waals surface area contributed by atoms with Crippen molar-refractivity contribution in [2.45, 2.75) is 45.6 Å². The highest BCUT2D eigenvalue weighted by molar-refractivity contribution is 7.39. The highest BCUT2D eigenvalue weighted by atomic mass is 32.2. The summed E-state index contributed by atoms with van der Waals surface area (Å²) in [6.45, 7) is 5.52. The molecule has 3 aromatic carbocycles. The molecule has 0 saturated carbocycles. The van der Waals surface area contributed by atoms with Crippen LogP contribution in [-0.4, -0.2) is 44.0 Å². The fourth-order valence-electron chi connectivity index (χ4n) is 5.21. The third-order valence-electron chi connectivity index (χ3n) is 7.66. The van der Waals surface area contributed by atoms with Gasteiger partial charge in [0.2, 0.25) is 5.91 Å². The Hall–Kier alpha value is -4.21. The summed E-state index contributed by atoms with van der Waals surface area (Å²) in [5, 5.41) is 11.9. The molecule has 7 nitrogen and oxygen atoms in total. The molecule has 0 radical (unpaired) electrons. The minimum absolute atomic E-state index is 0.131. The topological polar surface area (TPSA) is 96.5 Å². The zero-order chi connectivity index (χ0) is 31.8. The van der Waals surface area contributed by atoms with Crippen LogP contribution in [0.5, 0.6) is 5.75 Å². The normalized spacial score (nSPS) is 11.9. The molecule has 1 atom stereocenters. The smallest absolute Gasteiger partial charge is 0.261 e. The van der Waals surface area contributed by atoms with Gasteiger partial charge in [0.1, 0.15) is 5.75 Å². The van der Waals surface area contributed by atoms with Gasteiger partial charge in [-0.05, 0) is 65.3 Å². The molecule has 0 aliphatic heterocycles. The van der Waals surface area contributed by atoms with Crippen molar-refractivity contribution in [2.75, 3.05) is 20.2 Å². The second-order valence-corrected chi connectivity index (χ2v) is 13.9. The van der Waals surface area contributed by atoms with Gasteiger partial charge in [0.25, 0.3) is 11.8 Å². The molecule has 3 N–H and O–H groups in total. The van der Waals surface area contributed by atoms with Gasteiger partial charge in [-0.1, -0.05) is 74.5 Å². The number of thiophene rings is 2. The number of benzene rings is 3. The number of hydrogen-bond donors (Lipinski definition) is 3. The SMILES string of the molecule is CNC(=O)C[C@@H](Cc1cccc2ccccc12)NC(=O)c1cc2cc(C(=O)NCCc3ccccc3OCCC(C)C)sc2s1. The van der Waals surface area contributed by atoms with Crippen LogP contribution in [0.2, 0.25) is 0 Å². The average molecular weight is 642 g/mol. The van der Waals surface area contributed by atoms with Gasteiger partial charge in [0, 0.05) is 31.4 Å². The zero-order valence-corrected chi connectivity index (χ0v) is 27.5. The molecule has 0 unspecified atom stereocenters. The van der Waals surface area contributed by atoms with E-state index in [9.17, 15) is 14.4 Å². The highest BCUT2D eigenvalue weighted by Crippen LogP contribution is 2.34. The van der Waals surface area contributed by atoms with E-state index in [1.807, 2.05) is 60.7 Å². The lowest BCUT2D eigenvalue weighted by molar-refractivity contribution is -0.121. The number of carbonyl (C=O) groups excluding carboxylic acids is 3. The fraction of sp³-hybridized carbons (Fsp3) is 0.306. The van der Waals surface area contributed by atoms with E-state index >= 15 is 0 Å². The first-order valence-electron chi connectivity index (χ1n) is 15.3. The van der Waals surface area contributed by atoms with E-state index in [4.69, 9.17) is 4.74 Å². The van der Waals surface area contributed by atoms with Gasteiger partial charge in [-0.25, -0.2) is 0 Å². The van der Waals surface area contributed by atoms with Gasteiger partial charge in [-0.15, -0.1) is 22.7 Å². The van der Waals surface area contributed by atoms with E-state index in [-0.39, 0.29) is 30.2 Å². The van der Waals surface area contributed by atoms with Crippen LogP contribution in [-0.2, 0) is 17.6 Å².